The first-order chi connectivity index (χ1) is 9.06. The van der Waals surface area contributed by atoms with Gasteiger partial charge in [-0.15, -0.1) is 0 Å². The predicted molar refractivity (Wildman–Crippen MR) is 74.3 cm³/mol. The number of aryl methyl sites for hydroxylation is 1. The maximum absolute atomic E-state index is 12.1. The first-order valence-electron chi connectivity index (χ1n) is 6.40. The summed E-state index contributed by atoms with van der Waals surface area (Å²) in [5.74, 6) is -0.130. The quantitative estimate of drug-likeness (QED) is 0.871. The van der Waals surface area contributed by atoms with E-state index in [2.05, 4.69) is 10.6 Å². The first kappa shape index (κ1) is 13.9. The van der Waals surface area contributed by atoms with Gasteiger partial charge in [-0.3, -0.25) is 9.59 Å². The Morgan fingerprint density at radius 1 is 1.42 bits per heavy atom. The molecule has 0 aromatic heterocycles. The molecule has 1 fully saturated rings. The van der Waals surface area contributed by atoms with E-state index in [0.717, 1.165) is 12.0 Å². The highest BCUT2D eigenvalue weighted by Crippen LogP contribution is 2.18. The van der Waals surface area contributed by atoms with Gasteiger partial charge in [0.25, 0.3) is 5.91 Å². The highest BCUT2D eigenvalue weighted by atomic mass is 35.5. The maximum Gasteiger partial charge on any atom is 0.253 e. The third-order valence-electron chi connectivity index (χ3n) is 3.24. The van der Waals surface area contributed by atoms with Crippen LogP contribution in [-0.2, 0) is 4.79 Å². The van der Waals surface area contributed by atoms with Crippen molar-refractivity contribution >= 4 is 23.4 Å². The minimum Gasteiger partial charge on any atom is -0.356 e. The number of nitrogens with one attached hydrogen (secondary N) is 2. The summed E-state index contributed by atoms with van der Waals surface area (Å²) in [6.07, 6.45) is 1.87. The number of carbonyl (C=O) groups excluding carboxylic acids is 2. The second kappa shape index (κ2) is 6.06. The molecule has 1 unspecified atom stereocenters. The number of halogens is 1. The molecule has 1 aliphatic rings. The molecule has 0 radical (unpaired) electrons. The fraction of sp³-hybridized carbons (Fsp3) is 0.429. The van der Waals surface area contributed by atoms with Gasteiger partial charge in [0, 0.05) is 19.0 Å². The van der Waals surface area contributed by atoms with E-state index in [0.29, 0.717) is 30.0 Å². The molecule has 1 aliphatic heterocycles. The van der Waals surface area contributed by atoms with Gasteiger partial charge in [-0.25, -0.2) is 0 Å². The molecule has 1 aromatic rings. The lowest BCUT2D eigenvalue weighted by molar-refractivity contribution is -0.120. The standard InChI is InChI=1S/C14H17ClN2O2/c1-9-2-4-11(12(15)8-9)14(19)17-10-3-5-13(18)16-7-6-10/h2,4,8,10H,3,5-7H2,1H3,(H,16,18)(H,17,19). The largest absolute Gasteiger partial charge is 0.356 e. The van der Waals surface area contributed by atoms with Crippen LogP contribution in [0.25, 0.3) is 0 Å². The van der Waals surface area contributed by atoms with Crippen LogP contribution in [0.3, 0.4) is 0 Å². The Labute approximate surface area is 117 Å². The second-order valence-electron chi connectivity index (χ2n) is 4.83. The van der Waals surface area contributed by atoms with Crippen molar-refractivity contribution in [3.63, 3.8) is 0 Å². The van der Waals surface area contributed by atoms with E-state index < -0.39 is 0 Å². The van der Waals surface area contributed by atoms with Gasteiger partial charge < -0.3 is 10.6 Å². The van der Waals surface area contributed by atoms with Crippen LogP contribution in [0.4, 0.5) is 0 Å². The van der Waals surface area contributed by atoms with Gasteiger partial charge in [0.15, 0.2) is 0 Å². The van der Waals surface area contributed by atoms with E-state index in [1.165, 1.54) is 0 Å². The Morgan fingerprint density at radius 3 is 2.95 bits per heavy atom. The van der Waals surface area contributed by atoms with Crippen molar-refractivity contribution in [3.05, 3.63) is 34.3 Å². The lowest BCUT2D eigenvalue weighted by atomic mass is 10.1. The SMILES string of the molecule is Cc1ccc(C(=O)NC2CCNC(=O)CC2)c(Cl)c1. The minimum absolute atomic E-state index is 0.0174. The number of hydrogen-bond acceptors (Lipinski definition) is 2. The third-order valence-corrected chi connectivity index (χ3v) is 3.55. The summed E-state index contributed by atoms with van der Waals surface area (Å²) >= 11 is 6.07. The van der Waals surface area contributed by atoms with E-state index in [4.69, 9.17) is 11.6 Å². The van der Waals surface area contributed by atoms with E-state index in [1.807, 2.05) is 13.0 Å². The molecule has 0 bridgehead atoms. The van der Waals surface area contributed by atoms with Crippen molar-refractivity contribution in [2.24, 2.45) is 0 Å². The van der Waals surface area contributed by atoms with Crippen molar-refractivity contribution in [1.29, 1.82) is 0 Å². The van der Waals surface area contributed by atoms with Gasteiger partial charge in [0.05, 0.1) is 10.6 Å². The molecule has 1 saturated heterocycles. The smallest absolute Gasteiger partial charge is 0.253 e. The van der Waals surface area contributed by atoms with Crippen molar-refractivity contribution in [2.75, 3.05) is 6.54 Å². The van der Waals surface area contributed by atoms with Crippen LogP contribution < -0.4 is 10.6 Å². The summed E-state index contributed by atoms with van der Waals surface area (Å²) < 4.78 is 0. The number of benzene rings is 1. The number of hydrogen-bond donors (Lipinski definition) is 2. The average molecular weight is 281 g/mol. The average Bonchev–Trinajstić information content (AvgIpc) is 2.54. The number of carbonyl (C=O) groups is 2. The normalized spacial score (nSPS) is 19.5. The van der Waals surface area contributed by atoms with Crippen LogP contribution >= 0.6 is 11.6 Å². The van der Waals surface area contributed by atoms with Crippen molar-refractivity contribution in [1.82, 2.24) is 10.6 Å². The summed E-state index contributed by atoms with van der Waals surface area (Å²) in [5, 5.41) is 6.19. The monoisotopic (exact) mass is 280 g/mol. The fourth-order valence-electron chi connectivity index (χ4n) is 2.14. The van der Waals surface area contributed by atoms with E-state index >= 15 is 0 Å². The van der Waals surface area contributed by atoms with E-state index in [9.17, 15) is 9.59 Å². The Morgan fingerprint density at radius 2 is 2.21 bits per heavy atom. The summed E-state index contributed by atoms with van der Waals surface area (Å²) in [4.78, 5) is 23.4. The molecule has 2 rings (SSSR count). The fourth-order valence-corrected chi connectivity index (χ4v) is 2.46. The molecule has 5 heteroatoms. The molecule has 0 spiro atoms. The van der Waals surface area contributed by atoms with Gasteiger partial charge >= 0.3 is 0 Å². The Balaban J connectivity index is 2.02. The maximum atomic E-state index is 12.1. The zero-order chi connectivity index (χ0) is 13.8. The topological polar surface area (TPSA) is 58.2 Å². The lowest BCUT2D eigenvalue weighted by Crippen LogP contribution is -2.35. The van der Waals surface area contributed by atoms with Crippen LogP contribution in [0.15, 0.2) is 18.2 Å². The zero-order valence-corrected chi connectivity index (χ0v) is 11.6. The van der Waals surface area contributed by atoms with Crippen molar-refractivity contribution < 1.29 is 9.59 Å². The van der Waals surface area contributed by atoms with Crippen LogP contribution in [0.5, 0.6) is 0 Å². The molecule has 4 nitrogen and oxygen atoms in total. The second-order valence-corrected chi connectivity index (χ2v) is 5.24. The highest BCUT2D eigenvalue weighted by molar-refractivity contribution is 6.33. The molecular formula is C14H17ClN2O2. The number of amides is 2. The molecule has 19 heavy (non-hydrogen) atoms. The third kappa shape index (κ3) is 3.70. The summed E-state index contributed by atoms with van der Waals surface area (Å²) in [6, 6.07) is 5.38. The molecule has 1 atom stereocenters. The van der Waals surface area contributed by atoms with Gasteiger partial charge in [0.1, 0.15) is 0 Å². The first-order valence-corrected chi connectivity index (χ1v) is 6.78. The number of rotatable bonds is 2. The molecule has 1 heterocycles. The molecular weight excluding hydrogens is 264 g/mol. The zero-order valence-electron chi connectivity index (χ0n) is 10.8. The lowest BCUT2D eigenvalue weighted by Gasteiger charge is -2.16. The minimum atomic E-state index is -0.177. The van der Waals surface area contributed by atoms with E-state index in [1.54, 1.807) is 12.1 Å². The van der Waals surface area contributed by atoms with E-state index in [-0.39, 0.29) is 17.9 Å². The Kier molecular flexibility index (Phi) is 4.43. The van der Waals surface area contributed by atoms with Gasteiger partial charge in [-0.05, 0) is 37.5 Å². The molecule has 0 aliphatic carbocycles. The van der Waals surface area contributed by atoms with Crippen LogP contribution in [0.2, 0.25) is 5.02 Å². The molecule has 102 valence electrons. The van der Waals surface area contributed by atoms with Crippen LogP contribution in [0, 0.1) is 6.92 Å². The highest BCUT2D eigenvalue weighted by Gasteiger charge is 2.19. The molecule has 2 amide bonds. The van der Waals surface area contributed by atoms with Crippen LogP contribution in [0.1, 0.15) is 35.2 Å². The predicted octanol–water partition coefficient (Wildman–Crippen LogP) is 2.05. The molecule has 1 aromatic carbocycles. The Bertz CT molecular complexity index is 502. The van der Waals surface area contributed by atoms with Crippen molar-refractivity contribution in [3.8, 4) is 0 Å². The van der Waals surface area contributed by atoms with Crippen molar-refractivity contribution in [2.45, 2.75) is 32.2 Å². The van der Waals surface area contributed by atoms with Gasteiger partial charge in [-0.2, -0.15) is 0 Å². The van der Waals surface area contributed by atoms with Gasteiger partial charge in [-0.1, -0.05) is 17.7 Å². The van der Waals surface area contributed by atoms with Crippen LogP contribution in [-0.4, -0.2) is 24.4 Å². The summed E-state index contributed by atoms with van der Waals surface area (Å²) in [6.45, 7) is 2.53. The Hall–Kier alpha value is -1.55. The molecule has 0 saturated carbocycles. The summed E-state index contributed by atoms with van der Waals surface area (Å²) in [7, 11) is 0. The summed E-state index contributed by atoms with van der Waals surface area (Å²) in [5.41, 5.74) is 1.50. The molecule has 2 N–H and O–H groups in total. The van der Waals surface area contributed by atoms with Gasteiger partial charge in [0.2, 0.25) is 5.91 Å².